The average molecular weight is 377 g/mol. The second-order valence-electron chi connectivity index (χ2n) is 7.58. The summed E-state index contributed by atoms with van der Waals surface area (Å²) < 4.78 is 11.5. The molecule has 4 nitrogen and oxygen atoms in total. The van der Waals surface area contributed by atoms with Crippen molar-refractivity contribution in [2.75, 3.05) is 20.2 Å². The molecular formula is C24H28N2O2. The zero-order chi connectivity index (χ0) is 19.5. The molecule has 1 aliphatic heterocycles. The predicted molar refractivity (Wildman–Crippen MR) is 113 cm³/mol. The Hall–Kier alpha value is -2.59. The highest BCUT2D eigenvalue weighted by Crippen LogP contribution is 2.31. The number of aryl methyl sites for hydroxylation is 1. The van der Waals surface area contributed by atoms with E-state index < -0.39 is 0 Å². The van der Waals surface area contributed by atoms with Gasteiger partial charge in [0.25, 0.3) is 0 Å². The maximum absolute atomic E-state index is 5.98. The van der Waals surface area contributed by atoms with E-state index in [1.807, 2.05) is 25.1 Å². The number of hydrogen-bond acceptors (Lipinski definition) is 4. The molecule has 0 saturated carbocycles. The Labute approximate surface area is 167 Å². The van der Waals surface area contributed by atoms with Crippen LogP contribution in [0.15, 0.2) is 52.9 Å². The van der Waals surface area contributed by atoms with Crippen molar-refractivity contribution in [1.29, 1.82) is 0 Å². The van der Waals surface area contributed by atoms with Crippen LogP contribution in [0.5, 0.6) is 5.75 Å². The van der Waals surface area contributed by atoms with Gasteiger partial charge in [-0.3, -0.25) is 0 Å². The van der Waals surface area contributed by atoms with Gasteiger partial charge < -0.3 is 14.1 Å². The van der Waals surface area contributed by atoms with Crippen molar-refractivity contribution in [3.05, 3.63) is 60.0 Å². The summed E-state index contributed by atoms with van der Waals surface area (Å²) in [4.78, 5) is 7.34. The first-order valence-corrected chi connectivity index (χ1v) is 10.1. The van der Waals surface area contributed by atoms with Crippen LogP contribution in [0.2, 0.25) is 0 Å². The summed E-state index contributed by atoms with van der Waals surface area (Å²) in [5.74, 6) is 2.50. The van der Waals surface area contributed by atoms with Crippen LogP contribution >= 0.6 is 0 Å². The zero-order valence-electron chi connectivity index (χ0n) is 16.9. The van der Waals surface area contributed by atoms with Gasteiger partial charge in [0.05, 0.1) is 12.8 Å². The van der Waals surface area contributed by atoms with Crippen LogP contribution in [0.1, 0.15) is 31.2 Å². The molecule has 2 aromatic carbocycles. The highest BCUT2D eigenvalue weighted by Gasteiger charge is 2.21. The maximum Gasteiger partial charge on any atom is 0.226 e. The second kappa shape index (κ2) is 8.19. The Morgan fingerprint density at radius 1 is 1.11 bits per heavy atom. The third kappa shape index (κ3) is 3.83. The first-order valence-electron chi connectivity index (χ1n) is 10.1. The smallest absolute Gasteiger partial charge is 0.226 e. The standard InChI is InChI=1S/C24H28N2O2/c1-17-7-6-15-26(17)16-14-22-18(2)28-24(25-22)20-12-10-19(11-13-20)21-8-4-5-9-23(21)27-3/h4-5,8-13,17H,6-7,14-16H2,1-3H3. The number of ether oxygens (including phenoxy) is 1. The highest BCUT2D eigenvalue weighted by molar-refractivity contribution is 5.72. The lowest BCUT2D eigenvalue weighted by Crippen LogP contribution is -2.29. The fourth-order valence-electron chi connectivity index (χ4n) is 4.03. The summed E-state index contributed by atoms with van der Waals surface area (Å²) in [6, 6.07) is 17.1. The molecule has 0 amide bonds. The van der Waals surface area contributed by atoms with Crippen LogP contribution in [0.25, 0.3) is 22.6 Å². The number of para-hydroxylation sites is 1. The SMILES string of the molecule is COc1ccccc1-c1ccc(-c2nc(CCN3CCCC3C)c(C)o2)cc1. The van der Waals surface area contributed by atoms with E-state index in [9.17, 15) is 0 Å². The average Bonchev–Trinajstić information content (AvgIpc) is 3.31. The summed E-state index contributed by atoms with van der Waals surface area (Å²) in [5, 5.41) is 0. The van der Waals surface area contributed by atoms with Gasteiger partial charge >= 0.3 is 0 Å². The van der Waals surface area contributed by atoms with Crippen LogP contribution in [0.3, 0.4) is 0 Å². The Bertz CT molecular complexity index is 930. The number of aromatic nitrogens is 1. The largest absolute Gasteiger partial charge is 0.496 e. The predicted octanol–water partition coefficient (Wildman–Crippen LogP) is 5.35. The van der Waals surface area contributed by atoms with E-state index in [1.54, 1.807) is 7.11 Å². The Morgan fingerprint density at radius 2 is 1.86 bits per heavy atom. The molecule has 4 heteroatoms. The Balaban J connectivity index is 1.50. The lowest BCUT2D eigenvalue weighted by atomic mass is 10.0. The minimum atomic E-state index is 0.689. The van der Waals surface area contributed by atoms with Crippen LogP contribution in [0, 0.1) is 6.92 Å². The molecule has 1 fully saturated rings. The first kappa shape index (κ1) is 18.8. The first-order chi connectivity index (χ1) is 13.7. The van der Waals surface area contributed by atoms with E-state index >= 15 is 0 Å². The molecule has 3 aromatic rings. The van der Waals surface area contributed by atoms with Crippen LogP contribution < -0.4 is 4.74 Å². The van der Waals surface area contributed by atoms with Gasteiger partial charge in [0.2, 0.25) is 5.89 Å². The van der Waals surface area contributed by atoms with E-state index in [2.05, 4.69) is 42.2 Å². The molecule has 1 aromatic heterocycles. The number of benzene rings is 2. The molecule has 1 saturated heterocycles. The number of hydrogen-bond donors (Lipinski definition) is 0. The number of likely N-dealkylation sites (tertiary alicyclic amines) is 1. The van der Waals surface area contributed by atoms with E-state index in [4.69, 9.17) is 14.1 Å². The van der Waals surface area contributed by atoms with Crippen molar-refractivity contribution in [3.8, 4) is 28.3 Å². The zero-order valence-corrected chi connectivity index (χ0v) is 16.9. The molecular weight excluding hydrogens is 348 g/mol. The van der Waals surface area contributed by atoms with Gasteiger partial charge in [-0.1, -0.05) is 30.3 Å². The molecule has 1 unspecified atom stereocenters. The second-order valence-corrected chi connectivity index (χ2v) is 7.58. The molecule has 0 aliphatic carbocycles. The molecule has 0 bridgehead atoms. The van der Waals surface area contributed by atoms with Gasteiger partial charge in [-0.25, -0.2) is 4.98 Å². The summed E-state index contributed by atoms with van der Waals surface area (Å²) in [6.45, 7) is 6.59. The molecule has 0 spiro atoms. The normalized spacial score (nSPS) is 17.2. The highest BCUT2D eigenvalue weighted by atomic mass is 16.5. The van der Waals surface area contributed by atoms with Crippen LogP contribution in [-0.4, -0.2) is 36.1 Å². The number of rotatable bonds is 6. The fourth-order valence-corrected chi connectivity index (χ4v) is 4.03. The lowest BCUT2D eigenvalue weighted by Gasteiger charge is -2.20. The number of oxazole rings is 1. The lowest BCUT2D eigenvalue weighted by molar-refractivity contribution is 0.271. The van der Waals surface area contributed by atoms with Crippen molar-refractivity contribution in [1.82, 2.24) is 9.88 Å². The van der Waals surface area contributed by atoms with Crippen molar-refractivity contribution >= 4 is 0 Å². The quantitative estimate of drug-likeness (QED) is 0.581. The van der Waals surface area contributed by atoms with Gasteiger partial charge in [-0.2, -0.15) is 0 Å². The van der Waals surface area contributed by atoms with Crippen molar-refractivity contribution in [2.24, 2.45) is 0 Å². The third-order valence-electron chi connectivity index (χ3n) is 5.77. The van der Waals surface area contributed by atoms with Gasteiger partial charge in [0.15, 0.2) is 0 Å². The van der Waals surface area contributed by atoms with Crippen molar-refractivity contribution in [3.63, 3.8) is 0 Å². The van der Waals surface area contributed by atoms with Gasteiger partial charge in [-0.15, -0.1) is 0 Å². The number of nitrogens with zero attached hydrogens (tertiary/aromatic N) is 2. The van der Waals surface area contributed by atoms with E-state index in [-0.39, 0.29) is 0 Å². The van der Waals surface area contributed by atoms with E-state index in [1.165, 1.54) is 19.4 Å². The molecule has 0 radical (unpaired) electrons. The van der Waals surface area contributed by atoms with E-state index in [0.717, 1.165) is 46.9 Å². The van der Waals surface area contributed by atoms with Gasteiger partial charge in [-0.05, 0) is 57.0 Å². The molecule has 2 heterocycles. The van der Waals surface area contributed by atoms with Crippen LogP contribution in [0.4, 0.5) is 0 Å². The van der Waals surface area contributed by atoms with Crippen molar-refractivity contribution < 1.29 is 9.15 Å². The monoisotopic (exact) mass is 376 g/mol. The minimum absolute atomic E-state index is 0.689. The van der Waals surface area contributed by atoms with E-state index in [0.29, 0.717) is 11.9 Å². The summed E-state index contributed by atoms with van der Waals surface area (Å²) >= 11 is 0. The fraction of sp³-hybridized carbons (Fsp3) is 0.375. The van der Waals surface area contributed by atoms with Gasteiger partial charge in [0, 0.05) is 30.1 Å². The van der Waals surface area contributed by atoms with Crippen molar-refractivity contribution in [2.45, 2.75) is 39.2 Å². The molecule has 1 atom stereocenters. The Kier molecular flexibility index (Phi) is 5.49. The number of methoxy groups -OCH3 is 1. The summed E-state index contributed by atoms with van der Waals surface area (Å²) in [5.41, 5.74) is 4.28. The molecule has 4 rings (SSSR count). The van der Waals surface area contributed by atoms with Crippen LogP contribution in [-0.2, 0) is 6.42 Å². The topological polar surface area (TPSA) is 38.5 Å². The Morgan fingerprint density at radius 3 is 2.57 bits per heavy atom. The summed E-state index contributed by atoms with van der Waals surface area (Å²) in [7, 11) is 1.70. The maximum atomic E-state index is 5.98. The minimum Gasteiger partial charge on any atom is -0.496 e. The molecule has 28 heavy (non-hydrogen) atoms. The summed E-state index contributed by atoms with van der Waals surface area (Å²) in [6.07, 6.45) is 3.56. The van der Waals surface area contributed by atoms with Gasteiger partial charge in [0.1, 0.15) is 11.5 Å². The molecule has 146 valence electrons. The molecule has 0 N–H and O–H groups in total. The third-order valence-corrected chi connectivity index (χ3v) is 5.77. The molecule has 1 aliphatic rings.